The molecule has 0 radical (unpaired) electrons. The second-order valence-corrected chi connectivity index (χ2v) is 11.6. The maximum Gasteiger partial charge on any atom is 0.257 e. The van der Waals surface area contributed by atoms with Gasteiger partial charge in [-0.25, -0.2) is 8.42 Å². The fourth-order valence-electron chi connectivity index (χ4n) is 3.30. The molecular weight excluding hydrogens is 498 g/mol. The van der Waals surface area contributed by atoms with Crippen molar-refractivity contribution < 1.29 is 22.4 Å². The van der Waals surface area contributed by atoms with Crippen LogP contribution in [0.3, 0.4) is 0 Å². The van der Waals surface area contributed by atoms with Crippen LogP contribution in [0.15, 0.2) is 56.3 Å². The van der Waals surface area contributed by atoms with E-state index in [0.717, 1.165) is 30.6 Å². The summed E-state index contributed by atoms with van der Waals surface area (Å²) < 4.78 is 32.7. The Balaban J connectivity index is 1.28. The number of carbonyl (C=O) groups is 2. The summed E-state index contributed by atoms with van der Waals surface area (Å²) >= 11 is 2.35. The first-order valence-corrected chi connectivity index (χ1v) is 13.8. The van der Waals surface area contributed by atoms with Gasteiger partial charge in [0.2, 0.25) is 21.1 Å². The van der Waals surface area contributed by atoms with Crippen molar-refractivity contribution in [3.8, 4) is 0 Å². The number of anilines is 1. The van der Waals surface area contributed by atoms with Gasteiger partial charge in [0.15, 0.2) is 4.34 Å². The Hall–Kier alpha value is -2.74. The van der Waals surface area contributed by atoms with Crippen molar-refractivity contribution in [1.29, 1.82) is 0 Å². The van der Waals surface area contributed by atoms with E-state index in [2.05, 4.69) is 20.8 Å². The molecule has 10 nitrogen and oxygen atoms in total. The monoisotopic (exact) mass is 521 g/mol. The molecule has 2 N–H and O–H groups in total. The largest absolute Gasteiger partial charge is 0.467 e. The molecule has 2 aromatic heterocycles. The molecule has 0 bridgehead atoms. The molecule has 1 fully saturated rings. The van der Waals surface area contributed by atoms with Crippen molar-refractivity contribution in [3.05, 3.63) is 54.0 Å². The van der Waals surface area contributed by atoms with Crippen molar-refractivity contribution in [2.75, 3.05) is 24.2 Å². The van der Waals surface area contributed by atoms with E-state index in [1.165, 1.54) is 40.3 Å². The van der Waals surface area contributed by atoms with Crippen LogP contribution in [0.1, 0.15) is 35.4 Å². The average molecular weight is 522 g/mol. The van der Waals surface area contributed by atoms with E-state index in [4.69, 9.17) is 4.42 Å². The highest BCUT2D eigenvalue weighted by atomic mass is 32.2. The normalized spacial score (nSPS) is 14.6. The summed E-state index contributed by atoms with van der Waals surface area (Å²) in [6.07, 6.45) is 4.30. The summed E-state index contributed by atoms with van der Waals surface area (Å²) in [4.78, 5) is 24.7. The molecule has 4 rings (SSSR count). The summed E-state index contributed by atoms with van der Waals surface area (Å²) in [6.45, 7) is 1.35. The molecule has 3 heterocycles. The zero-order chi connectivity index (χ0) is 24.0. The maximum atomic E-state index is 12.7. The third-order valence-electron chi connectivity index (χ3n) is 5.06. The second kappa shape index (κ2) is 11.1. The van der Waals surface area contributed by atoms with Gasteiger partial charge in [0, 0.05) is 18.7 Å². The van der Waals surface area contributed by atoms with Crippen LogP contribution < -0.4 is 10.6 Å². The molecule has 1 aliphatic heterocycles. The van der Waals surface area contributed by atoms with E-state index in [-0.39, 0.29) is 21.7 Å². The van der Waals surface area contributed by atoms with Crippen LogP contribution in [0.5, 0.6) is 0 Å². The molecule has 0 atom stereocenters. The molecule has 2 amide bonds. The molecule has 180 valence electrons. The minimum atomic E-state index is -3.55. The summed E-state index contributed by atoms with van der Waals surface area (Å²) in [5.41, 5.74) is 0.305. The molecule has 0 aliphatic carbocycles. The second-order valence-electron chi connectivity index (χ2n) is 7.46. The highest BCUT2D eigenvalue weighted by Gasteiger charge is 2.26. The minimum absolute atomic E-state index is 0.149. The van der Waals surface area contributed by atoms with E-state index in [1.54, 1.807) is 18.4 Å². The number of hydrogen-bond acceptors (Lipinski definition) is 9. The SMILES string of the molecule is O=C(CSc1nnc(NC(=O)c2ccc(S(=O)(=O)N3CCCCC3)cc2)s1)NCc1ccco1. The van der Waals surface area contributed by atoms with Crippen molar-refractivity contribution in [3.63, 3.8) is 0 Å². The van der Waals surface area contributed by atoms with Gasteiger partial charge in [-0.2, -0.15) is 4.31 Å². The summed E-state index contributed by atoms with van der Waals surface area (Å²) in [5, 5.41) is 13.6. The van der Waals surface area contributed by atoms with Gasteiger partial charge in [0.25, 0.3) is 5.91 Å². The first-order chi connectivity index (χ1) is 16.4. The Kier molecular flexibility index (Phi) is 7.98. The predicted molar refractivity (Wildman–Crippen MR) is 128 cm³/mol. The van der Waals surface area contributed by atoms with E-state index < -0.39 is 15.9 Å². The van der Waals surface area contributed by atoms with Crippen molar-refractivity contribution >= 4 is 50.1 Å². The third-order valence-corrected chi connectivity index (χ3v) is 8.95. The van der Waals surface area contributed by atoms with Crippen LogP contribution in [-0.2, 0) is 21.4 Å². The van der Waals surface area contributed by atoms with Gasteiger partial charge in [0.05, 0.1) is 23.5 Å². The number of aromatic nitrogens is 2. The zero-order valence-electron chi connectivity index (χ0n) is 18.1. The highest BCUT2D eigenvalue weighted by molar-refractivity contribution is 8.01. The number of amides is 2. The molecule has 0 unspecified atom stereocenters. The first-order valence-electron chi connectivity index (χ1n) is 10.6. The molecule has 13 heteroatoms. The first kappa shape index (κ1) is 24.4. The number of nitrogens with one attached hydrogen (secondary N) is 2. The number of piperidine rings is 1. The summed E-state index contributed by atoms with van der Waals surface area (Å²) in [5.74, 6) is 0.208. The van der Waals surface area contributed by atoms with Crippen LogP contribution in [0, 0.1) is 0 Å². The number of benzene rings is 1. The fourth-order valence-corrected chi connectivity index (χ4v) is 6.39. The van der Waals surface area contributed by atoms with E-state index in [0.29, 0.717) is 35.3 Å². The van der Waals surface area contributed by atoms with E-state index >= 15 is 0 Å². The molecule has 1 aromatic carbocycles. The zero-order valence-corrected chi connectivity index (χ0v) is 20.5. The quantitative estimate of drug-likeness (QED) is 0.324. The van der Waals surface area contributed by atoms with Crippen molar-refractivity contribution in [2.24, 2.45) is 0 Å². The molecule has 1 saturated heterocycles. The summed E-state index contributed by atoms with van der Waals surface area (Å²) in [7, 11) is -3.55. The molecule has 34 heavy (non-hydrogen) atoms. The van der Waals surface area contributed by atoms with Crippen LogP contribution in [0.25, 0.3) is 0 Å². The van der Waals surface area contributed by atoms with Crippen molar-refractivity contribution in [1.82, 2.24) is 19.8 Å². The number of thioether (sulfide) groups is 1. The molecule has 3 aromatic rings. The predicted octanol–water partition coefficient (Wildman–Crippen LogP) is 2.97. The van der Waals surface area contributed by atoms with Crippen LogP contribution in [0.4, 0.5) is 5.13 Å². The van der Waals surface area contributed by atoms with Gasteiger partial charge < -0.3 is 9.73 Å². The Morgan fingerprint density at radius 3 is 2.56 bits per heavy atom. The Labute approximate surface area is 205 Å². The lowest BCUT2D eigenvalue weighted by atomic mass is 10.2. The van der Waals surface area contributed by atoms with Gasteiger partial charge in [-0.15, -0.1) is 10.2 Å². The van der Waals surface area contributed by atoms with Crippen LogP contribution >= 0.6 is 23.1 Å². The number of rotatable bonds is 9. The van der Waals surface area contributed by atoms with E-state index in [9.17, 15) is 18.0 Å². The minimum Gasteiger partial charge on any atom is -0.467 e. The molecule has 0 saturated carbocycles. The lowest BCUT2D eigenvalue weighted by Gasteiger charge is -2.25. The number of carbonyl (C=O) groups excluding carboxylic acids is 2. The van der Waals surface area contributed by atoms with Gasteiger partial charge in [-0.1, -0.05) is 29.5 Å². The molecule has 1 aliphatic rings. The average Bonchev–Trinajstić information content (AvgIpc) is 3.54. The number of sulfonamides is 1. The van der Waals surface area contributed by atoms with Crippen LogP contribution in [0.2, 0.25) is 0 Å². The maximum absolute atomic E-state index is 12.7. The number of nitrogens with zero attached hydrogens (tertiary/aromatic N) is 3. The van der Waals surface area contributed by atoms with Crippen LogP contribution in [-0.4, -0.2) is 53.6 Å². The van der Waals surface area contributed by atoms with Gasteiger partial charge >= 0.3 is 0 Å². The number of hydrogen-bond donors (Lipinski definition) is 2. The van der Waals surface area contributed by atoms with E-state index in [1.807, 2.05) is 0 Å². The summed E-state index contributed by atoms with van der Waals surface area (Å²) in [6, 6.07) is 9.37. The Morgan fingerprint density at radius 2 is 1.85 bits per heavy atom. The standard InChI is InChI=1S/C21H23N5O5S3/c27-18(22-13-16-5-4-12-31-16)14-32-21-25-24-20(33-21)23-19(28)15-6-8-17(9-7-15)34(29,30)26-10-2-1-3-11-26/h4-9,12H,1-3,10-11,13-14H2,(H,22,27)(H,23,24,28). The lowest BCUT2D eigenvalue weighted by Crippen LogP contribution is -2.35. The highest BCUT2D eigenvalue weighted by Crippen LogP contribution is 2.26. The smallest absolute Gasteiger partial charge is 0.257 e. The fraction of sp³-hybridized carbons (Fsp3) is 0.333. The number of furan rings is 1. The lowest BCUT2D eigenvalue weighted by molar-refractivity contribution is -0.118. The van der Waals surface area contributed by atoms with Gasteiger partial charge in [-0.05, 0) is 49.2 Å². The van der Waals surface area contributed by atoms with Crippen molar-refractivity contribution in [2.45, 2.75) is 35.0 Å². The third kappa shape index (κ3) is 6.23. The topological polar surface area (TPSA) is 134 Å². The molecular formula is C21H23N5O5S3. The van der Waals surface area contributed by atoms with Gasteiger partial charge in [0.1, 0.15) is 5.76 Å². The molecule has 0 spiro atoms. The van der Waals surface area contributed by atoms with Gasteiger partial charge in [-0.3, -0.25) is 14.9 Å². The Morgan fingerprint density at radius 1 is 1.09 bits per heavy atom. The Bertz CT molecular complexity index is 1220.